The standard InChI is InChI=1S/C19H22N4O2/c1-11-15-8-12(5-6-14(15)17(24)22-11)7-13-9-16(21-10-20-13)23-18(25)19(2,3)4/h5-6,8-11H,7H2,1-4H3,(H,22,24)(H,20,21,23,25). The molecule has 1 aliphatic heterocycles. The highest BCUT2D eigenvalue weighted by Gasteiger charge is 2.25. The Morgan fingerprint density at radius 2 is 2.00 bits per heavy atom. The van der Waals surface area contributed by atoms with Crippen LogP contribution in [0.15, 0.2) is 30.6 Å². The number of aromatic nitrogens is 2. The number of hydrogen-bond acceptors (Lipinski definition) is 4. The van der Waals surface area contributed by atoms with Crippen LogP contribution >= 0.6 is 0 Å². The molecule has 6 heteroatoms. The van der Waals surface area contributed by atoms with Crippen LogP contribution in [0.4, 0.5) is 5.82 Å². The van der Waals surface area contributed by atoms with Gasteiger partial charge in [0.15, 0.2) is 0 Å². The number of carbonyl (C=O) groups is 2. The molecular weight excluding hydrogens is 316 g/mol. The first-order valence-electron chi connectivity index (χ1n) is 8.30. The number of benzene rings is 1. The number of rotatable bonds is 3. The van der Waals surface area contributed by atoms with E-state index in [0.29, 0.717) is 12.2 Å². The summed E-state index contributed by atoms with van der Waals surface area (Å²) in [5.41, 5.74) is 3.13. The molecule has 1 unspecified atom stereocenters. The van der Waals surface area contributed by atoms with E-state index >= 15 is 0 Å². The van der Waals surface area contributed by atoms with E-state index < -0.39 is 5.41 Å². The minimum absolute atomic E-state index is 0.0227. The van der Waals surface area contributed by atoms with Crippen molar-refractivity contribution >= 4 is 17.6 Å². The molecule has 1 atom stereocenters. The molecule has 0 fully saturated rings. The van der Waals surface area contributed by atoms with Gasteiger partial charge >= 0.3 is 0 Å². The Labute approximate surface area is 147 Å². The van der Waals surface area contributed by atoms with Crippen molar-refractivity contribution in [3.05, 3.63) is 53.0 Å². The molecular formula is C19H22N4O2. The summed E-state index contributed by atoms with van der Waals surface area (Å²) in [5, 5.41) is 5.72. The fourth-order valence-electron chi connectivity index (χ4n) is 2.71. The van der Waals surface area contributed by atoms with Crippen molar-refractivity contribution in [2.75, 3.05) is 5.32 Å². The second-order valence-electron chi connectivity index (χ2n) is 7.39. The number of amides is 2. The zero-order valence-corrected chi connectivity index (χ0v) is 14.9. The molecule has 1 aromatic carbocycles. The van der Waals surface area contributed by atoms with Crippen molar-refractivity contribution in [3.8, 4) is 0 Å². The lowest BCUT2D eigenvalue weighted by molar-refractivity contribution is -0.123. The third kappa shape index (κ3) is 3.68. The van der Waals surface area contributed by atoms with E-state index in [4.69, 9.17) is 0 Å². The number of anilines is 1. The van der Waals surface area contributed by atoms with E-state index in [2.05, 4.69) is 20.6 Å². The molecule has 2 heterocycles. The van der Waals surface area contributed by atoms with Crippen LogP contribution < -0.4 is 10.6 Å². The van der Waals surface area contributed by atoms with Gasteiger partial charge < -0.3 is 10.6 Å². The summed E-state index contributed by atoms with van der Waals surface area (Å²) >= 11 is 0. The van der Waals surface area contributed by atoms with Gasteiger partial charge in [0.1, 0.15) is 12.1 Å². The normalized spacial score (nSPS) is 16.3. The van der Waals surface area contributed by atoms with E-state index in [9.17, 15) is 9.59 Å². The van der Waals surface area contributed by atoms with Crippen molar-refractivity contribution in [1.29, 1.82) is 0 Å². The third-order valence-electron chi connectivity index (χ3n) is 4.21. The smallest absolute Gasteiger partial charge is 0.252 e. The highest BCUT2D eigenvalue weighted by Crippen LogP contribution is 2.26. The van der Waals surface area contributed by atoms with Gasteiger partial charge in [0.05, 0.1) is 11.7 Å². The Balaban J connectivity index is 1.78. The van der Waals surface area contributed by atoms with Gasteiger partial charge in [-0.25, -0.2) is 9.97 Å². The summed E-state index contributed by atoms with van der Waals surface area (Å²) in [7, 11) is 0. The van der Waals surface area contributed by atoms with Crippen LogP contribution in [-0.2, 0) is 11.2 Å². The highest BCUT2D eigenvalue weighted by atomic mass is 16.2. The van der Waals surface area contributed by atoms with Crippen molar-refractivity contribution < 1.29 is 9.59 Å². The summed E-state index contributed by atoms with van der Waals surface area (Å²) in [4.78, 5) is 32.3. The summed E-state index contributed by atoms with van der Waals surface area (Å²) in [6.45, 7) is 7.53. The zero-order chi connectivity index (χ0) is 18.2. The van der Waals surface area contributed by atoms with Crippen molar-refractivity contribution in [2.45, 2.75) is 40.2 Å². The number of fused-ring (bicyclic) bond motifs is 1. The largest absolute Gasteiger partial charge is 0.345 e. The highest BCUT2D eigenvalue weighted by molar-refractivity contribution is 5.99. The molecule has 0 radical (unpaired) electrons. The average Bonchev–Trinajstić information content (AvgIpc) is 2.81. The van der Waals surface area contributed by atoms with Crippen molar-refractivity contribution in [1.82, 2.24) is 15.3 Å². The first kappa shape index (κ1) is 17.1. The lowest BCUT2D eigenvalue weighted by Gasteiger charge is -2.17. The van der Waals surface area contributed by atoms with E-state index in [0.717, 1.165) is 22.4 Å². The predicted octanol–water partition coefficient (Wildman–Crippen LogP) is 2.86. The molecule has 0 saturated carbocycles. The molecule has 0 spiro atoms. The monoisotopic (exact) mass is 338 g/mol. The Kier molecular flexibility index (Phi) is 4.29. The molecule has 25 heavy (non-hydrogen) atoms. The summed E-state index contributed by atoms with van der Waals surface area (Å²) in [5.74, 6) is 0.382. The molecule has 6 nitrogen and oxygen atoms in total. The fraction of sp³-hybridized carbons (Fsp3) is 0.368. The van der Waals surface area contributed by atoms with E-state index in [-0.39, 0.29) is 17.9 Å². The SMILES string of the molecule is CC1NC(=O)c2ccc(Cc3cc(NC(=O)C(C)(C)C)ncn3)cc21. The van der Waals surface area contributed by atoms with Gasteiger partial charge in [0.2, 0.25) is 5.91 Å². The van der Waals surface area contributed by atoms with Crippen LogP contribution in [0.3, 0.4) is 0 Å². The fourth-order valence-corrected chi connectivity index (χ4v) is 2.71. The molecule has 0 bridgehead atoms. The predicted molar refractivity (Wildman–Crippen MR) is 95.2 cm³/mol. The Hall–Kier alpha value is -2.76. The first-order chi connectivity index (χ1) is 11.7. The van der Waals surface area contributed by atoms with Gasteiger partial charge in [-0.05, 0) is 24.1 Å². The Morgan fingerprint density at radius 3 is 2.72 bits per heavy atom. The molecule has 1 aliphatic rings. The van der Waals surface area contributed by atoms with Gasteiger partial charge in [-0.2, -0.15) is 0 Å². The maximum absolute atomic E-state index is 12.1. The molecule has 3 rings (SSSR count). The van der Waals surface area contributed by atoms with Gasteiger partial charge in [-0.15, -0.1) is 0 Å². The molecule has 130 valence electrons. The summed E-state index contributed by atoms with van der Waals surface area (Å²) in [6, 6.07) is 7.63. The van der Waals surface area contributed by atoms with Gasteiger partial charge in [0.25, 0.3) is 5.91 Å². The second kappa shape index (κ2) is 6.27. The van der Waals surface area contributed by atoms with Gasteiger partial charge in [-0.1, -0.05) is 32.9 Å². The molecule has 0 saturated heterocycles. The molecule has 2 aromatic rings. The number of carbonyl (C=O) groups excluding carboxylic acids is 2. The molecule has 2 amide bonds. The summed E-state index contributed by atoms with van der Waals surface area (Å²) < 4.78 is 0. The number of nitrogens with zero attached hydrogens (tertiary/aromatic N) is 2. The maximum atomic E-state index is 12.1. The topological polar surface area (TPSA) is 84.0 Å². The Morgan fingerprint density at radius 1 is 1.24 bits per heavy atom. The first-order valence-corrected chi connectivity index (χ1v) is 8.30. The van der Waals surface area contributed by atoms with E-state index in [1.165, 1.54) is 6.33 Å². The number of nitrogens with one attached hydrogen (secondary N) is 2. The van der Waals surface area contributed by atoms with Gasteiger partial charge in [-0.3, -0.25) is 9.59 Å². The van der Waals surface area contributed by atoms with Crippen LogP contribution in [0.5, 0.6) is 0 Å². The number of hydrogen-bond donors (Lipinski definition) is 2. The van der Waals surface area contributed by atoms with Crippen molar-refractivity contribution in [2.24, 2.45) is 5.41 Å². The third-order valence-corrected chi connectivity index (χ3v) is 4.21. The average molecular weight is 338 g/mol. The quantitative estimate of drug-likeness (QED) is 0.901. The minimum Gasteiger partial charge on any atom is -0.345 e. The minimum atomic E-state index is -0.485. The van der Waals surface area contributed by atoms with Crippen LogP contribution in [0, 0.1) is 5.41 Å². The van der Waals surface area contributed by atoms with Crippen LogP contribution in [0.1, 0.15) is 60.9 Å². The maximum Gasteiger partial charge on any atom is 0.252 e. The second-order valence-corrected chi connectivity index (χ2v) is 7.39. The van der Waals surface area contributed by atoms with Crippen LogP contribution in [0.25, 0.3) is 0 Å². The van der Waals surface area contributed by atoms with Crippen LogP contribution in [0.2, 0.25) is 0 Å². The Bertz CT molecular complexity index is 840. The molecule has 0 aliphatic carbocycles. The zero-order valence-electron chi connectivity index (χ0n) is 14.9. The lowest BCUT2D eigenvalue weighted by atomic mass is 9.96. The van der Waals surface area contributed by atoms with Crippen LogP contribution in [-0.4, -0.2) is 21.8 Å². The van der Waals surface area contributed by atoms with E-state index in [1.54, 1.807) is 6.07 Å². The molecule has 1 aromatic heterocycles. The van der Waals surface area contributed by atoms with E-state index in [1.807, 2.05) is 45.9 Å². The van der Waals surface area contributed by atoms with Crippen molar-refractivity contribution in [3.63, 3.8) is 0 Å². The summed E-state index contributed by atoms with van der Waals surface area (Å²) in [6.07, 6.45) is 2.06. The lowest BCUT2D eigenvalue weighted by Crippen LogP contribution is -2.28. The van der Waals surface area contributed by atoms with Gasteiger partial charge in [0, 0.05) is 23.5 Å². The molecule has 2 N–H and O–H groups in total.